The third-order valence-electron chi connectivity index (χ3n) is 5.07. The summed E-state index contributed by atoms with van der Waals surface area (Å²) in [5.41, 5.74) is 4.85. The second-order valence-corrected chi connectivity index (χ2v) is 7.25. The number of aryl methyl sites for hydroxylation is 1. The van der Waals surface area contributed by atoms with Gasteiger partial charge in [0.2, 0.25) is 0 Å². The Hall–Kier alpha value is -4.44. The largest absolute Gasteiger partial charge is 0.441 e. The number of nitrogens with zero attached hydrogens (tertiary/aromatic N) is 4. The van der Waals surface area contributed by atoms with Gasteiger partial charge in [0.25, 0.3) is 0 Å². The van der Waals surface area contributed by atoms with Crippen LogP contribution >= 0.6 is 0 Å². The number of carbonyl (C=O) groups is 1. The Balaban J connectivity index is 1.50. The summed E-state index contributed by atoms with van der Waals surface area (Å²) >= 11 is 0. The molecule has 0 aliphatic heterocycles. The van der Waals surface area contributed by atoms with E-state index in [1.807, 2.05) is 73.7 Å². The molecule has 3 aromatic carbocycles. The van der Waals surface area contributed by atoms with Gasteiger partial charge in [0.15, 0.2) is 5.82 Å². The van der Waals surface area contributed by atoms with Crippen molar-refractivity contribution in [1.82, 2.24) is 15.0 Å². The molecule has 32 heavy (non-hydrogen) atoms. The summed E-state index contributed by atoms with van der Waals surface area (Å²) in [6.07, 6.45) is -0.977. The normalized spacial score (nSPS) is 11.4. The van der Waals surface area contributed by atoms with Crippen LogP contribution in [0, 0.1) is 18.3 Å². The van der Waals surface area contributed by atoms with Gasteiger partial charge >= 0.3 is 6.09 Å². The lowest BCUT2D eigenvalue weighted by Crippen LogP contribution is -2.18. The van der Waals surface area contributed by atoms with Crippen LogP contribution in [0.15, 0.2) is 78.9 Å². The minimum Gasteiger partial charge on any atom is -0.441 e. The molecular weight excluding hydrogens is 402 g/mol. The van der Waals surface area contributed by atoms with Crippen LogP contribution in [0.4, 0.5) is 10.6 Å². The van der Waals surface area contributed by atoms with E-state index in [1.54, 1.807) is 23.7 Å². The van der Waals surface area contributed by atoms with E-state index in [0.717, 1.165) is 22.4 Å². The van der Waals surface area contributed by atoms with Gasteiger partial charge in [-0.15, -0.1) is 5.10 Å². The molecule has 1 N–H and O–H groups in total. The number of carbonyl (C=O) groups excluding carboxylic acids is 1. The van der Waals surface area contributed by atoms with Crippen LogP contribution in [0.5, 0.6) is 0 Å². The Morgan fingerprint density at radius 2 is 1.62 bits per heavy atom. The molecular formula is C25H21N5O2. The van der Waals surface area contributed by atoms with Crippen LogP contribution in [-0.2, 0) is 4.74 Å². The molecule has 0 saturated heterocycles. The molecule has 0 spiro atoms. The molecule has 158 valence electrons. The van der Waals surface area contributed by atoms with E-state index in [4.69, 9.17) is 10.00 Å². The SMILES string of the molecule is Cc1nnn(-c2ccc(-c3ccc(C#N)cc3)cc2)c1NC(=O)OC(C)c1ccccc1. The lowest BCUT2D eigenvalue weighted by atomic mass is 10.0. The first-order valence-electron chi connectivity index (χ1n) is 10.1. The van der Waals surface area contributed by atoms with Gasteiger partial charge in [0.05, 0.1) is 17.3 Å². The smallest absolute Gasteiger partial charge is 0.413 e. The highest BCUT2D eigenvalue weighted by Gasteiger charge is 2.17. The zero-order valence-electron chi connectivity index (χ0n) is 17.7. The van der Waals surface area contributed by atoms with E-state index in [1.165, 1.54) is 0 Å². The van der Waals surface area contributed by atoms with Crippen molar-refractivity contribution in [3.63, 3.8) is 0 Å². The lowest BCUT2D eigenvalue weighted by Gasteiger charge is -2.15. The van der Waals surface area contributed by atoms with Crippen molar-refractivity contribution in [3.8, 4) is 22.9 Å². The predicted molar refractivity (Wildman–Crippen MR) is 121 cm³/mol. The van der Waals surface area contributed by atoms with Crippen molar-refractivity contribution in [2.24, 2.45) is 0 Å². The van der Waals surface area contributed by atoms with Gasteiger partial charge in [0, 0.05) is 0 Å². The third kappa shape index (κ3) is 4.50. The first-order chi connectivity index (χ1) is 15.5. The predicted octanol–water partition coefficient (Wildman–Crippen LogP) is 5.42. The summed E-state index contributed by atoms with van der Waals surface area (Å²) in [5, 5.41) is 20.0. The molecule has 0 bridgehead atoms. The van der Waals surface area contributed by atoms with E-state index < -0.39 is 12.2 Å². The first kappa shape index (κ1) is 20.8. The number of ether oxygens (including phenoxy) is 1. The number of hydrogen-bond acceptors (Lipinski definition) is 5. The maximum absolute atomic E-state index is 12.5. The number of benzene rings is 3. The summed E-state index contributed by atoms with van der Waals surface area (Å²) in [6.45, 7) is 3.59. The molecule has 4 aromatic rings. The van der Waals surface area contributed by atoms with Gasteiger partial charge in [-0.25, -0.2) is 4.79 Å². The van der Waals surface area contributed by atoms with Crippen molar-refractivity contribution in [2.45, 2.75) is 20.0 Å². The monoisotopic (exact) mass is 423 g/mol. The standard InChI is InChI=1S/C25H21N5O2/c1-17-24(27-25(31)32-18(2)20-6-4-3-5-7-20)30(29-28-17)23-14-12-22(13-15-23)21-10-8-19(16-26)9-11-21/h3-15,18H,1-2H3,(H,27,31). The topological polar surface area (TPSA) is 92.8 Å². The van der Waals surface area contributed by atoms with Gasteiger partial charge in [-0.1, -0.05) is 59.8 Å². The first-order valence-corrected chi connectivity index (χ1v) is 10.1. The number of amides is 1. The fraction of sp³-hybridized carbons (Fsp3) is 0.120. The number of hydrogen-bond donors (Lipinski definition) is 1. The van der Waals surface area contributed by atoms with Gasteiger partial charge in [-0.2, -0.15) is 9.94 Å². The van der Waals surface area contributed by atoms with Crippen LogP contribution < -0.4 is 5.32 Å². The van der Waals surface area contributed by atoms with Gasteiger partial charge in [-0.05, 0) is 54.8 Å². The fourth-order valence-electron chi connectivity index (χ4n) is 3.29. The van der Waals surface area contributed by atoms with Crippen molar-refractivity contribution in [1.29, 1.82) is 5.26 Å². The van der Waals surface area contributed by atoms with Crippen molar-refractivity contribution >= 4 is 11.9 Å². The van der Waals surface area contributed by atoms with Crippen molar-refractivity contribution < 1.29 is 9.53 Å². The minimum absolute atomic E-state index is 0.396. The maximum Gasteiger partial charge on any atom is 0.413 e. The Morgan fingerprint density at radius 3 is 2.25 bits per heavy atom. The molecule has 0 radical (unpaired) electrons. The molecule has 0 aliphatic carbocycles. The van der Waals surface area contributed by atoms with E-state index in [9.17, 15) is 4.79 Å². The average Bonchev–Trinajstić information content (AvgIpc) is 3.19. The van der Waals surface area contributed by atoms with Crippen LogP contribution in [-0.4, -0.2) is 21.1 Å². The second-order valence-electron chi connectivity index (χ2n) is 7.25. The summed E-state index contributed by atoms with van der Waals surface area (Å²) in [7, 11) is 0. The number of nitriles is 1. The van der Waals surface area contributed by atoms with Gasteiger partial charge < -0.3 is 4.74 Å². The summed E-state index contributed by atoms with van der Waals surface area (Å²) in [6, 6.07) is 26.7. The van der Waals surface area contributed by atoms with Crippen LogP contribution in [0.25, 0.3) is 16.8 Å². The van der Waals surface area contributed by atoms with Crippen molar-refractivity contribution in [3.05, 3.63) is 95.7 Å². The van der Waals surface area contributed by atoms with Gasteiger partial charge in [-0.3, -0.25) is 5.32 Å². The molecule has 1 amide bonds. The van der Waals surface area contributed by atoms with E-state index in [-0.39, 0.29) is 0 Å². The number of rotatable bonds is 5. The van der Waals surface area contributed by atoms with E-state index in [0.29, 0.717) is 17.1 Å². The fourth-order valence-corrected chi connectivity index (χ4v) is 3.29. The summed E-state index contributed by atoms with van der Waals surface area (Å²) < 4.78 is 7.07. The molecule has 7 nitrogen and oxygen atoms in total. The Kier molecular flexibility index (Phi) is 5.95. The average molecular weight is 423 g/mol. The highest BCUT2D eigenvalue weighted by atomic mass is 16.6. The Bertz CT molecular complexity index is 1260. The van der Waals surface area contributed by atoms with Crippen LogP contribution in [0.2, 0.25) is 0 Å². The molecule has 7 heteroatoms. The minimum atomic E-state index is -0.581. The molecule has 1 aromatic heterocycles. The Morgan fingerprint density at radius 1 is 1.00 bits per heavy atom. The molecule has 1 unspecified atom stereocenters. The quantitative estimate of drug-likeness (QED) is 0.462. The molecule has 4 rings (SSSR count). The van der Waals surface area contributed by atoms with Crippen LogP contribution in [0.3, 0.4) is 0 Å². The summed E-state index contributed by atoms with van der Waals surface area (Å²) in [5.74, 6) is 0.446. The Labute approximate surface area is 185 Å². The number of anilines is 1. The molecule has 0 saturated carbocycles. The molecule has 1 atom stereocenters. The highest BCUT2D eigenvalue weighted by Crippen LogP contribution is 2.24. The van der Waals surface area contributed by atoms with E-state index >= 15 is 0 Å². The maximum atomic E-state index is 12.5. The zero-order chi connectivity index (χ0) is 22.5. The summed E-state index contributed by atoms with van der Waals surface area (Å²) in [4.78, 5) is 12.5. The molecule has 0 fully saturated rings. The highest BCUT2D eigenvalue weighted by molar-refractivity contribution is 5.84. The number of nitrogens with one attached hydrogen (secondary N) is 1. The molecule has 0 aliphatic rings. The number of aromatic nitrogens is 3. The second kappa shape index (κ2) is 9.14. The van der Waals surface area contributed by atoms with Crippen LogP contribution in [0.1, 0.15) is 29.8 Å². The zero-order valence-corrected chi connectivity index (χ0v) is 17.7. The lowest BCUT2D eigenvalue weighted by molar-refractivity contribution is 0.121. The third-order valence-corrected chi connectivity index (χ3v) is 5.07. The van der Waals surface area contributed by atoms with Gasteiger partial charge in [0.1, 0.15) is 11.8 Å². The van der Waals surface area contributed by atoms with Crippen molar-refractivity contribution in [2.75, 3.05) is 5.32 Å². The molecule has 1 heterocycles. The van der Waals surface area contributed by atoms with E-state index in [2.05, 4.69) is 21.7 Å².